The van der Waals surface area contributed by atoms with Gasteiger partial charge in [0.25, 0.3) is 0 Å². The third kappa shape index (κ3) is 8.70. The fourth-order valence-corrected chi connectivity index (χ4v) is 7.93. The van der Waals surface area contributed by atoms with Gasteiger partial charge in [-0.25, -0.2) is 0 Å². The third-order valence-electron chi connectivity index (χ3n) is 10.4. The van der Waals surface area contributed by atoms with Crippen LogP contribution in [0.25, 0.3) is 0 Å². The number of amides is 2. The molecule has 3 fully saturated rings. The van der Waals surface area contributed by atoms with E-state index in [1.165, 1.54) is 16.7 Å². The zero-order valence-electron chi connectivity index (χ0n) is 29.0. The van der Waals surface area contributed by atoms with Crippen LogP contribution in [0, 0.1) is 11.8 Å². The standard InChI is InChI=1S/C41H48N4O3.2ClH/c1-27(2)31-19-20-36(48-3)32(24-31)25-43-38-33-21-22-45(39(38)37(29-15-9-5-10-16-29)30-17-11-6-12-18-30)26-34(33)41(47)44-35(40(42)46)23-28-13-7-4-8-14-28;;/h4-20,24,27,33-35,37-39,43H,21-23,25-26H2,1-3H3,(H2,42,46)(H,44,47);2*1H/t33-,34-,35?,38-,39-;;/m0../s1. The zero-order valence-corrected chi connectivity index (χ0v) is 30.7. The molecular weight excluding hydrogens is 667 g/mol. The van der Waals surface area contributed by atoms with Gasteiger partial charge >= 0.3 is 0 Å². The summed E-state index contributed by atoms with van der Waals surface area (Å²) in [5.41, 5.74) is 11.7. The van der Waals surface area contributed by atoms with Gasteiger partial charge in [0.05, 0.1) is 13.0 Å². The molecular formula is C41H50Cl2N4O3. The van der Waals surface area contributed by atoms with Gasteiger partial charge < -0.3 is 21.1 Å². The molecule has 7 rings (SSSR count). The van der Waals surface area contributed by atoms with Gasteiger partial charge in [0.2, 0.25) is 11.8 Å². The van der Waals surface area contributed by atoms with Crippen molar-refractivity contribution < 1.29 is 14.3 Å². The molecule has 9 heteroatoms. The highest BCUT2D eigenvalue weighted by atomic mass is 35.5. The van der Waals surface area contributed by atoms with Crippen molar-refractivity contribution in [3.8, 4) is 5.75 Å². The highest BCUT2D eigenvalue weighted by Crippen LogP contribution is 2.44. The number of hydrogen-bond donors (Lipinski definition) is 3. The van der Waals surface area contributed by atoms with E-state index in [1.54, 1.807) is 7.11 Å². The summed E-state index contributed by atoms with van der Waals surface area (Å²) in [6.07, 6.45) is 1.25. The normalized spacial score (nSPS) is 21.5. The Hall–Kier alpha value is -3.88. The number of carbonyl (C=O) groups excluding carboxylic acids is 2. The summed E-state index contributed by atoms with van der Waals surface area (Å²) in [5, 5.41) is 7.06. The van der Waals surface area contributed by atoms with Gasteiger partial charge in [-0.2, -0.15) is 0 Å². The number of methoxy groups -OCH3 is 1. The van der Waals surface area contributed by atoms with Gasteiger partial charge in [-0.1, -0.05) is 117 Å². The predicted octanol–water partition coefficient (Wildman–Crippen LogP) is 6.49. The molecule has 3 heterocycles. The number of carbonyl (C=O) groups is 2. The van der Waals surface area contributed by atoms with Crippen LogP contribution in [0.4, 0.5) is 0 Å². The van der Waals surface area contributed by atoms with Crippen molar-refractivity contribution in [3.05, 3.63) is 137 Å². The molecule has 2 unspecified atom stereocenters. The smallest absolute Gasteiger partial charge is 0.240 e. The fourth-order valence-electron chi connectivity index (χ4n) is 7.93. The minimum absolute atomic E-state index is 0. The van der Waals surface area contributed by atoms with Crippen LogP contribution < -0.4 is 21.1 Å². The topological polar surface area (TPSA) is 96.7 Å². The van der Waals surface area contributed by atoms with Crippen LogP contribution >= 0.6 is 24.8 Å². The largest absolute Gasteiger partial charge is 0.496 e. The molecule has 50 heavy (non-hydrogen) atoms. The SMILES string of the molecule is COc1ccc(C(C)C)cc1CN[C@H]1[C@H]2CCN(C[C@@H]2C(=O)NC(Cc2ccccc2)C(N)=O)[C@H]1C(c1ccccc1)c1ccccc1.Cl.Cl. The first-order valence-corrected chi connectivity index (χ1v) is 17.2. The number of piperidine rings is 3. The van der Waals surface area contributed by atoms with Crippen LogP contribution in [0.2, 0.25) is 0 Å². The number of nitrogens with two attached hydrogens (primary N) is 1. The number of halogens is 2. The maximum absolute atomic E-state index is 14.2. The number of fused-ring (bicyclic) bond motifs is 3. The Morgan fingerprint density at radius 2 is 1.46 bits per heavy atom. The Labute approximate surface area is 309 Å². The summed E-state index contributed by atoms with van der Waals surface area (Å²) in [7, 11) is 1.72. The van der Waals surface area contributed by atoms with Crippen LogP contribution in [0.1, 0.15) is 59.9 Å². The molecule has 3 aliphatic heterocycles. The fraction of sp³-hybridized carbons (Fsp3) is 0.366. The van der Waals surface area contributed by atoms with Crippen molar-refractivity contribution in [2.24, 2.45) is 17.6 Å². The molecule has 266 valence electrons. The minimum atomic E-state index is -0.776. The van der Waals surface area contributed by atoms with Gasteiger partial charge in [-0.3, -0.25) is 14.5 Å². The first-order chi connectivity index (χ1) is 23.3. The average Bonchev–Trinajstić information content (AvgIpc) is 3.12. The van der Waals surface area contributed by atoms with Crippen molar-refractivity contribution in [1.82, 2.24) is 15.5 Å². The first-order valence-electron chi connectivity index (χ1n) is 17.2. The maximum atomic E-state index is 14.2. The summed E-state index contributed by atoms with van der Waals surface area (Å²) >= 11 is 0. The summed E-state index contributed by atoms with van der Waals surface area (Å²) < 4.78 is 5.81. The lowest BCUT2D eigenvalue weighted by atomic mass is 9.66. The van der Waals surface area contributed by atoms with Crippen LogP contribution in [0.3, 0.4) is 0 Å². The number of benzene rings is 4. The van der Waals surface area contributed by atoms with Gasteiger partial charge in [0, 0.05) is 43.1 Å². The van der Waals surface area contributed by atoms with Crippen LogP contribution in [0.5, 0.6) is 5.75 Å². The Kier molecular flexibility index (Phi) is 13.9. The highest BCUT2D eigenvalue weighted by molar-refractivity contribution is 5.88. The number of nitrogens with zero attached hydrogens (tertiary/aromatic N) is 1. The quantitative estimate of drug-likeness (QED) is 0.147. The molecule has 0 saturated carbocycles. The lowest BCUT2D eigenvalue weighted by molar-refractivity contribution is -0.138. The molecule has 0 spiro atoms. The third-order valence-corrected chi connectivity index (χ3v) is 10.4. The summed E-state index contributed by atoms with van der Waals surface area (Å²) in [5.74, 6) is 0.475. The second-order valence-corrected chi connectivity index (χ2v) is 13.6. The molecule has 7 nitrogen and oxygen atoms in total. The number of ether oxygens (including phenoxy) is 1. The zero-order chi connectivity index (χ0) is 33.6. The van der Waals surface area contributed by atoms with Crippen LogP contribution in [-0.2, 0) is 22.6 Å². The molecule has 6 atom stereocenters. The number of nitrogens with one attached hydrogen (secondary N) is 2. The molecule has 0 aromatic heterocycles. The van der Waals surface area contributed by atoms with E-state index in [4.69, 9.17) is 10.5 Å². The van der Waals surface area contributed by atoms with E-state index in [-0.39, 0.29) is 60.6 Å². The van der Waals surface area contributed by atoms with Crippen molar-refractivity contribution >= 4 is 36.6 Å². The second-order valence-electron chi connectivity index (χ2n) is 13.6. The van der Waals surface area contributed by atoms with Gasteiger partial charge in [0.15, 0.2) is 0 Å². The van der Waals surface area contributed by atoms with E-state index in [0.717, 1.165) is 29.8 Å². The summed E-state index contributed by atoms with van der Waals surface area (Å²) in [6.45, 7) is 6.54. The second kappa shape index (κ2) is 17.9. The predicted molar refractivity (Wildman–Crippen MR) is 205 cm³/mol. The Bertz CT molecular complexity index is 1640. The molecule has 3 saturated heterocycles. The van der Waals surface area contributed by atoms with Crippen molar-refractivity contribution in [3.63, 3.8) is 0 Å². The van der Waals surface area contributed by atoms with Gasteiger partial charge in [0.1, 0.15) is 11.8 Å². The number of primary amides is 1. The lowest BCUT2D eigenvalue weighted by Crippen LogP contribution is -2.69. The molecule has 4 aromatic carbocycles. The van der Waals surface area contributed by atoms with E-state index in [9.17, 15) is 9.59 Å². The van der Waals surface area contributed by atoms with Crippen LogP contribution in [-0.4, -0.2) is 55.0 Å². The highest BCUT2D eigenvalue weighted by Gasteiger charge is 2.52. The van der Waals surface area contributed by atoms with E-state index in [0.29, 0.717) is 25.4 Å². The van der Waals surface area contributed by atoms with Crippen molar-refractivity contribution in [1.29, 1.82) is 0 Å². The van der Waals surface area contributed by atoms with Gasteiger partial charge in [-0.15, -0.1) is 24.8 Å². The Morgan fingerprint density at radius 1 is 0.860 bits per heavy atom. The molecule has 4 N–H and O–H groups in total. The monoisotopic (exact) mass is 716 g/mol. The average molecular weight is 718 g/mol. The van der Waals surface area contributed by atoms with E-state index >= 15 is 0 Å². The first kappa shape index (κ1) is 38.9. The van der Waals surface area contributed by atoms with E-state index in [1.807, 2.05) is 30.3 Å². The summed E-state index contributed by atoms with van der Waals surface area (Å²) in [4.78, 5) is 29.2. The number of hydrogen-bond acceptors (Lipinski definition) is 5. The molecule has 0 radical (unpaired) electrons. The molecule has 2 amide bonds. The Balaban J connectivity index is 0.00000281. The maximum Gasteiger partial charge on any atom is 0.240 e. The lowest BCUT2D eigenvalue weighted by Gasteiger charge is -2.56. The molecule has 0 aliphatic carbocycles. The molecule has 4 aromatic rings. The van der Waals surface area contributed by atoms with Crippen LogP contribution in [0.15, 0.2) is 109 Å². The molecule has 3 aliphatic rings. The minimum Gasteiger partial charge on any atom is -0.496 e. The Morgan fingerprint density at radius 3 is 2.02 bits per heavy atom. The van der Waals surface area contributed by atoms with Crippen molar-refractivity contribution in [2.75, 3.05) is 20.2 Å². The molecule has 2 bridgehead atoms. The summed E-state index contributed by atoms with van der Waals surface area (Å²) in [6, 6.07) is 36.9. The van der Waals surface area contributed by atoms with E-state index < -0.39 is 11.9 Å². The van der Waals surface area contributed by atoms with Crippen molar-refractivity contribution in [2.45, 2.75) is 63.2 Å². The number of rotatable bonds is 13. The van der Waals surface area contributed by atoms with Gasteiger partial charge in [-0.05, 0) is 53.1 Å². The van der Waals surface area contributed by atoms with E-state index in [2.05, 4.69) is 108 Å².